The number of sulfonamides is 1. The molecule has 0 saturated carbocycles. The van der Waals surface area contributed by atoms with Crippen LogP contribution in [0.25, 0.3) is 0 Å². The number of carbonyl (C=O) groups excluding carboxylic acids is 1. The molecule has 0 unspecified atom stereocenters. The number of ether oxygens (including phenoxy) is 1. The molecule has 0 atom stereocenters. The Morgan fingerprint density at radius 1 is 1.08 bits per heavy atom. The van der Waals surface area contributed by atoms with Crippen LogP contribution in [0, 0.1) is 5.92 Å². The van der Waals surface area contributed by atoms with Gasteiger partial charge in [-0.2, -0.15) is 0 Å². The lowest BCUT2D eigenvalue weighted by atomic mass is 10.2. The van der Waals surface area contributed by atoms with Crippen LogP contribution in [0.2, 0.25) is 0 Å². The van der Waals surface area contributed by atoms with E-state index in [4.69, 9.17) is 9.88 Å². The van der Waals surface area contributed by atoms with Crippen LogP contribution in [0.1, 0.15) is 29.8 Å². The summed E-state index contributed by atoms with van der Waals surface area (Å²) in [6.07, 6.45) is 0. The third-order valence-electron chi connectivity index (χ3n) is 3.40. The van der Waals surface area contributed by atoms with Crippen LogP contribution in [0.3, 0.4) is 0 Å². The number of amides is 1. The van der Waals surface area contributed by atoms with Gasteiger partial charge >= 0.3 is 0 Å². The fourth-order valence-corrected chi connectivity index (χ4v) is 2.56. The molecule has 134 valence electrons. The van der Waals surface area contributed by atoms with Crippen LogP contribution in [0.5, 0.6) is 5.75 Å². The summed E-state index contributed by atoms with van der Waals surface area (Å²) in [7, 11) is -3.71. The average Bonchev–Trinajstić information content (AvgIpc) is 2.58. The molecular formula is C18H22N2O4S. The Hall–Kier alpha value is -2.38. The van der Waals surface area contributed by atoms with Gasteiger partial charge in [0.15, 0.2) is 0 Å². The smallest absolute Gasteiger partial charge is 0.251 e. The summed E-state index contributed by atoms with van der Waals surface area (Å²) in [5.74, 6) is 0.943. The van der Waals surface area contributed by atoms with Gasteiger partial charge in [-0.1, -0.05) is 26.0 Å². The van der Waals surface area contributed by atoms with E-state index in [-0.39, 0.29) is 17.3 Å². The van der Waals surface area contributed by atoms with Crippen LogP contribution in [-0.2, 0) is 16.6 Å². The van der Waals surface area contributed by atoms with E-state index in [0.717, 1.165) is 11.3 Å². The third-order valence-corrected chi connectivity index (χ3v) is 4.33. The molecule has 2 aromatic carbocycles. The minimum absolute atomic E-state index is 0.0413. The van der Waals surface area contributed by atoms with Crippen LogP contribution < -0.4 is 15.2 Å². The van der Waals surface area contributed by atoms with Crippen LogP contribution in [0.4, 0.5) is 0 Å². The molecule has 2 aromatic rings. The van der Waals surface area contributed by atoms with Gasteiger partial charge in [-0.3, -0.25) is 4.79 Å². The molecule has 0 bridgehead atoms. The van der Waals surface area contributed by atoms with Gasteiger partial charge in [0, 0.05) is 12.1 Å². The van der Waals surface area contributed by atoms with E-state index in [0.29, 0.717) is 18.1 Å². The highest BCUT2D eigenvalue weighted by Crippen LogP contribution is 2.14. The second-order valence-electron chi connectivity index (χ2n) is 6.10. The lowest BCUT2D eigenvalue weighted by Gasteiger charge is -2.10. The number of primary sulfonamides is 1. The molecule has 6 nitrogen and oxygen atoms in total. The van der Waals surface area contributed by atoms with Crippen molar-refractivity contribution in [2.24, 2.45) is 11.1 Å². The minimum atomic E-state index is -3.71. The monoisotopic (exact) mass is 362 g/mol. The molecule has 25 heavy (non-hydrogen) atoms. The number of nitrogens with two attached hydrogens (primary N) is 1. The molecule has 1 amide bonds. The Kier molecular flexibility index (Phi) is 6.17. The zero-order valence-electron chi connectivity index (χ0n) is 14.2. The van der Waals surface area contributed by atoms with Crippen LogP contribution >= 0.6 is 0 Å². The lowest BCUT2D eigenvalue weighted by Crippen LogP contribution is -2.22. The molecule has 0 fully saturated rings. The summed E-state index contributed by atoms with van der Waals surface area (Å²) in [4.78, 5) is 12.2. The molecule has 0 aliphatic carbocycles. The SMILES string of the molecule is CC(C)COc1ccc(C(=O)NCc2ccc(S(N)(=O)=O)cc2)cc1. The Labute approximate surface area is 148 Å². The van der Waals surface area contributed by atoms with Gasteiger partial charge in [0.25, 0.3) is 5.91 Å². The molecule has 0 aliphatic rings. The molecule has 2 rings (SSSR count). The second kappa shape index (κ2) is 8.13. The molecule has 0 aliphatic heterocycles. The number of carbonyl (C=O) groups is 1. The van der Waals surface area contributed by atoms with Crippen molar-refractivity contribution in [3.8, 4) is 5.75 Å². The van der Waals surface area contributed by atoms with Crippen molar-refractivity contribution < 1.29 is 17.9 Å². The van der Waals surface area contributed by atoms with Crippen molar-refractivity contribution in [3.05, 3.63) is 59.7 Å². The molecule has 0 saturated heterocycles. The number of nitrogens with one attached hydrogen (secondary N) is 1. The Morgan fingerprint density at radius 2 is 1.68 bits per heavy atom. The van der Waals surface area contributed by atoms with Gasteiger partial charge < -0.3 is 10.1 Å². The topological polar surface area (TPSA) is 98.5 Å². The van der Waals surface area contributed by atoms with E-state index in [1.54, 1.807) is 36.4 Å². The predicted octanol–water partition coefficient (Wildman–Crippen LogP) is 2.30. The highest BCUT2D eigenvalue weighted by molar-refractivity contribution is 7.89. The van der Waals surface area contributed by atoms with Crippen molar-refractivity contribution in [3.63, 3.8) is 0 Å². The number of rotatable bonds is 7. The van der Waals surface area contributed by atoms with Gasteiger partial charge in [0.2, 0.25) is 10.0 Å². The van der Waals surface area contributed by atoms with Gasteiger partial charge in [-0.25, -0.2) is 13.6 Å². The molecular weight excluding hydrogens is 340 g/mol. The van der Waals surface area contributed by atoms with Gasteiger partial charge in [-0.05, 0) is 47.9 Å². The Bertz CT molecular complexity index is 813. The first-order chi connectivity index (χ1) is 11.8. The maximum atomic E-state index is 12.2. The molecule has 0 heterocycles. The van der Waals surface area contributed by atoms with E-state index in [2.05, 4.69) is 19.2 Å². The first kappa shape index (κ1) is 19.0. The van der Waals surface area contributed by atoms with Crippen LogP contribution in [0.15, 0.2) is 53.4 Å². The quantitative estimate of drug-likeness (QED) is 0.789. The first-order valence-electron chi connectivity index (χ1n) is 7.88. The minimum Gasteiger partial charge on any atom is -0.493 e. The normalized spacial score (nSPS) is 11.4. The van der Waals surface area contributed by atoms with Crippen molar-refractivity contribution in [1.82, 2.24) is 5.32 Å². The van der Waals surface area contributed by atoms with E-state index >= 15 is 0 Å². The first-order valence-corrected chi connectivity index (χ1v) is 9.43. The van der Waals surface area contributed by atoms with Crippen molar-refractivity contribution in [1.29, 1.82) is 0 Å². The fourth-order valence-electron chi connectivity index (χ4n) is 2.05. The van der Waals surface area contributed by atoms with Gasteiger partial charge in [0.1, 0.15) is 5.75 Å². The van der Waals surface area contributed by atoms with Crippen molar-refractivity contribution in [2.75, 3.05) is 6.61 Å². The number of benzene rings is 2. The number of hydrogen-bond acceptors (Lipinski definition) is 4. The Morgan fingerprint density at radius 3 is 2.20 bits per heavy atom. The maximum absolute atomic E-state index is 12.2. The highest BCUT2D eigenvalue weighted by atomic mass is 32.2. The number of hydrogen-bond donors (Lipinski definition) is 2. The van der Waals surface area contributed by atoms with E-state index < -0.39 is 10.0 Å². The summed E-state index contributed by atoms with van der Waals surface area (Å²) < 4.78 is 28.0. The van der Waals surface area contributed by atoms with Gasteiger partial charge in [0.05, 0.1) is 11.5 Å². The molecule has 7 heteroatoms. The molecule has 0 spiro atoms. The zero-order chi connectivity index (χ0) is 18.4. The molecule has 3 N–H and O–H groups in total. The summed E-state index contributed by atoms with van der Waals surface area (Å²) in [6, 6.07) is 13.0. The summed E-state index contributed by atoms with van der Waals surface area (Å²) in [5, 5.41) is 7.83. The van der Waals surface area contributed by atoms with Gasteiger partial charge in [-0.15, -0.1) is 0 Å². The molecule has 0 aromatic heterocycles. The second-order valence-corrected chi connectivity index (χ2v) is 7.66. The zero-order valence-corrected chi connectivity index (χ0v) is 15.0. The van der Waals surface area contributed by atoms with Crippen molar-refractivity contribution >= 4 is 15.9 Å². The standard InChI is InChI=1S/C18H22N2O4S/c1-13(2)12-24-16-7-5-15(6-8-16)18(21)20-11-14-3-9-17(10-4-14)25(19,22)23/h3-10,13H,11-12H2,1-2H3,(H,20,21)(H2,19,22,23). The molecule has 0 radical (unpaired) electrons. The van der Waals surface area contributed by atoms with E-state index in [1.165, 1.54) is 12.1 Å². The largest absolute Gasteiger partial charge is 0.493 e. The third kappa shape index (κ3) is 5.88. The Balaban J connectivity index is 1.91. The van der Waals surface area contributed by atoms with Crippen LogP contribution in [-0.4, -0.2) is 20.9 Å². The van der Waals surface area contributed by atoms with E-state index in [1.807, 2.05) is 0 Å². The van der Waals surface area contributed by atoms with E-state index in [9.17, 15) is 13.2 Å². The predicted molar refractivity (Wildman–Crippen MR) is 95.8 cm³/mol. The highest BCUT2D eigenvalue weighted by Gasteiger charge is 2.08. The fraction of sp³-hybridized carbons (Fsp3) is 0.278. The summed E-state index contributed by atoms with van der Waals surface area (Å²) >= 11 is 0. The lowest BCUT2D eigenvalue weighted by molar-refractivity contribution is 0.0951. The average molecular weight is 362 g/mol. The van der Waals surface area contributed by atoms with Crippen molar-refractivity contribution in [2.45, 2.75) is 25.3 Å². The summed E-state index contributed by atoms with van der Waals surface area (Å²) in [5.41, 5.74) is 1.30. The summed E-state index contributed by atoms with van der Waals surface area (Å²) in [6.45, 7) is 5.05. The maximum Gasteiger partial charge on any atom is 0.251 e.